The van der Waals surface area contributed by atoms with Crippen LogP contribution in [0.15, 0.2) is 36.8 Å². The number of hydrogen-bond acceptors (Lipinski definition) is 7. The molecular formula is C18H19ClN6O3. The van der Waals surface area contributed by atoms with E-state index < -0.39 is 6.09 Å². The standard InChI is InChI=1S/C18H19ClN6O3/c1-11-8-22-16(10-21-11)28-18(26)24-12-3-4-15(27-6-5-20)13(7-12)17-14(19)9-23-25(17)2/h3-4,7-10H,5-6,20H2,1-2H3,(H,24,26). The topological polar surface area (TPSA) is 117 Å². The summed E-state index contributed by atoms with van der Waals surface area (Å²) >= 11 is 6.27. The molecule has 0 bridgehead atoms. The Morgan fingerprint density at radius 2 is 2.11 bits per heavy atom. The van der Waals surface area contributed by atoms with Gasteiger partial charge >= 0.3 is 6.09 Å². The van der Waals surface area contributed by atoms with Gasteiger partial charge in [0.15, 0.2) is 0 Å². The van der Waals surface area contributed by atoms with E-state index >= 15 is 0 Å². The molecule has 0 atom stereocenters. The molecule has 0 aliphatic rings. The van der Waals surface area contributed by atoms with Crippen molar-refractivity contribution >= 4 is 23.4 Å². The molecule has 2 heterocycles. The fraction of sp³-hybridized carbons (Fsp3) is 0.222. The van der Waals surface area contributed by atoms with Crippen LogP contribution in [-0.4, -0.2) is 39.0 Å². The third-order valence-electron chi connectivity index (χ3n) is 3.71. The van der Waals surface area contributed by atoms with Crippen molar-refractivity contribution in [2.45, 2.75) is 6.92 Å². The molecule has 2 aromatic heterocycles. The summed E-state index contributed by atoms with van der Waals surface area (Å²) in [6.07, 6.45) is 3.72. The molecule has 0 unspecified atom stereocenters. The number of ether oxygens (including phenoxy) is 2. The normalized spacial score (nSPS) is 10.6. The van der Waals surface area contributed by atoms with Crippen molar-refractivity contribution in [1.29, 1.82) is 0 Å². The number of anilines is 1. The Morgan fingerprint density at radius 3 is 2.75 bits per heavy atom. The Bertz CT molecular complexity index is 954. The van der Waals surface area contributed by atoms with Gasteiger partial charge in [0, 0.05) is 24.8 Å². The van der Waals surface area contributed by atoms with Crippen molar-refractivity contribution in [3.63, 3.8) is 0 Å². The Balaban J connectivity index is 1.84. The minimum absolute atomic E-state index is 0.0981. The summed E-state index contributed by atoms with van der Waals surface area (Å²) in [6, 6.07) is 5.12. The summed E-state index contributed by atoms with van der Waals surface area (Å²) in [5.41, 5.74) is 8.04. The molecule has 1 aromatic carbocycles. The quantitative estimate of drug-likeness (QED) is 0.650. The molecule has 0 aliphatic carbocycles. The molecule has 1 amide bonds. The summed E-state index contributed by atoms with van der Waals surface area (Å²) < 4.78 is 12.5. The lowest BCUT2D eigenvalue weighted by molar-refractivity contribution is 0.213. The van der Waals surface area contributed by atoms with Crippen LogP contribution in [0.5, 0.6) is 11.6 Å². The number of carbonyl (C=O) groups is 1. The van der Waals surface area contributed by atoms with Crippen LogP contribution in [0.3, 0.4) is 0 Å². The first kappa shape index (κ1) is 19.6. The van der Waals surface area contributed by atoms with E-state index in [0.29, 0.717) is 40.9 Å². The molecule has 3 aromatic rings. The third kappa shape index (κ3) is 4.56. The lowest BCUT2D eigenvalue weighted by atomic mass is 10.1. The van der Waals surface area contributed by atoms with Crippen LogP contribution < -0.4 is 20.5 Å². The van der Waals surface area contributed by atoms with Crippen molar-refractivity contribution in [3.8, 4) is 22.9 Å². The van der Waals surface area contributed by atoms with Crippen molar-refractivity contribution in [3.05, 3.63) is 47.5 Å². The van der Waals surface area contributed by atoms with Crippen LogP contribution >= 0.6 is 11.6 Å². The average molecular weight is 403 g/mol. The minimum atomic E-state index is -0.698. The lowest BCUT2D eigenvalue weighted by Crippen LogP contribution is -2.17. The van der Waals surface area contributed by atoms with Gasteiger partial charge in [-0.15, -0.1) is 0 Å². The van der Waals surface area contributed by atoms with Crippen LogP contribution in [-0.2, 0) is 7.05 Å². The second kappa shape index (κ2) is 8.68. The number of aromatic nitrogens is 4. The fourth-order valence-electron chi connectivity index (χ4n) is 2.47. The maximum Gasteiger partial charge on any atom is 0.418 e. The molecule has 0 aliphatic heterocycles. The van der Waals surface area contributed by atoms with Gasteiger partial charge in [-0.3, -0.25) is 15.0 Å². The molecule has 0 spiro atoms. The molecule has 0 saturated heterocycles. The highest BCUT2D eigenvalue weighted by Gasteiger charge is 2.17. The van der Waals surface area contributed by atoms with E-state index in [9.17, 15) is 4.79 Å². The maximum absolute atomic E-state index is 12.2. The van der Waals surface area contributed by atoms with Crippen molar-refractivity contribution in [1.82, 2.24) is 19.7 Å². The highest BCUT2D eigenvalue weighted by Crippen LogP contribution is 2.36. The first-order valence-electron chi connectivity index (χ1n) is 8.40. The number of halogens is 1. The van der Waals surface area contributed by atoms with Crippen molar-refractivity contribution < 1.29 is 14.3 Å². The number of nitrogens with one attached hydrogen (secondary N) is 1. The molecule has 146 valence electrons. The first-order valence-corrected chi connectivity index (χ1v) is 8.78. The zero-order valence-electron chi connectivity index (χ0n) is 15.3. The van der Waals surface area contributed by atoms with Gasteiger partial charge in [0.05, 0.1) is 35.0 Å². The average Bonchev–Trinajstić information content (AvgIpc) is 3.00. The number of nitrogens with two attached hydrogens (primary N) is 1. The van der Waals surface area contributed by atoms with E-state index in [1.807, 2.05) is 0 Å². The molecule has 0 saturated carbocycles. The number of aryl methyl sites for hydroxylation is 2. The zero-order valence-corrected chi connectivity index (χ0v) is 16.1. The van der Waals surface area contributed by atoms with Gasteiger partial charge in [0.1, 0.15) is 12.4 Å². The molecule has 10 heteroatoms. The van der Waals surface area contributed by atoms with E-state index in [4.69, 9.17) is 26.8 Å². The SMILES string of the molecule is Cc1cnc(OC(=O)Nc2ccc(OCCN)c(-c3c(Cl)cnn3C)c2)cn1. The number of nitrogens with zero attached hydrogens (tertiary/aromatic N) is 4. The Kier molecular flexibility index (Phi) is 6.07. The van der Waals surface area contributed by atoms with Gasteiger partial charge < -0.3 is 15.2 Å². The van der Waals surface area contributed by atoms with E-state index in [0.717, 1.165) is 5.69 Å². The predicted octanol–water partition coefficient (Wildman–Crippen LogP) is 2.79. The van der Waals surface area contributed by atoms with E-state index in [1.165, 1.54) is 18.6 Å². The van der Waals surface area contributed by atoms with E-state index in [2.05, 4.69) is 20.4 Å². The van der Waals surface area contributed by atoms with E-state index in [-0.39, 0.29) is 5.88 Å². The summed E-state index contributed by atoms with van der Waals surface area (Å²) in [7, 11) is 1.76. The first-order chi connectivity index (χ1) is 13.5. The number of hydrogen-bond donors (Lipinski definition) is 2. The highest BCUT2D eigenvalue weighted by molar-refractivity contribution is 6.33. The second-order valence-corrected chi connectivity index (χ2v) is 6.23. The third-order valence-corrected chi connectivity index (χ3v) is 3.98. The molecule has 3 N–H and O–H groups in total. The molecule has 3 rings (SSSR count). The smallest absolute Gasteiger partial charge is 0.418 e. The molecular weight excluding hydrogens is 384 g/mol. The van der Waals surface area contributed by atoms with Gasteiger partial charge in [-0.2, -0.15) is 5.10 Å². The van der Waals surface area contributed by atoms with Gasteiger partial charge in [-0.05, 0) is 25.1 Å². The van der Waals surface area contributed by atoms with Crippen molar-refractivity contribution in [2.24, 2.45) is 12.8 Å². The van der Waals surface area contributed by atoms with Gasteiger partial charge in [0.2, 0.25) is 5.88 Å². The highest BCUT2D eigenvalue weighted by atomic mass is 35.5. The summed E-state index contributed by atoms with van der Waals surface area (Å²) in [5.74, 6) is 0.667. The minimum Gasteiger partial charge on any atom is -0.492 e. The monoisotopic (exact) mass is 402 g/mol. The Morgan fingerprint density at radius 1 is 1.29 bits per heavy atom. The van der Waals surface area contributed by atoms with Crippen LogP contribution in [0.4, 0.5) is 10.5 Å². The molecule has 28 heavy (non-hydrogen) atoms. The van der Waals surface area contributed by atoms with Gasteiger partial charge in [0.25, 0.3) is 0 Å². The van der Waals surface area contributed by atoms with Gasteiger partial charge in [-0.25, -0.2) is 9.78 Å². The van der Waals surface area contributed by atoms with Crippen LogP contribution in [0.2, 0.25) is 5.02 Å². The predicted molar refractivity (Wildman–Crippen MR) is 105 cm³/mol. The fourth-order valence-corrected chi connectivity index (χ4v) is 2.74. The Labute approximate surface area is 166 Å². The number of benzene rings is 1. The second-order valence-electron chi connectivity index (χ2n) is 5.82. The summed E-state index contributed by atoms with van der Waals surface area (Å²) in [4.78, 5) is 20.2. The molecule has 9 nitrogen and oxygen atoms in total. The molecule has 0 radical (unpaired) electrons. The Hall–Kier alpha value is -3.17. The van der Waals surface area contributed by atoms with Crippen LogP contribution in [0.1, 0.15) is 5.69 Å². The largest absolute Gasteiger partial charge is 0.492 e. The van der Waals surface area contributed by atoms with E-state index in [1.54, 1.807) is 36.9 Å². The van der Waals surface area contributed by atoms with Gasteiger partial charge in [-0.1, -0.05) is 11.6 Å². The zero-order chi connectivity index (χ0) is 20.1. The summed E-state index contributed by atoms with van der Waals surface area (Å²) in [5, 5.41) is 7.25. The molecule has 0 fully saturated rings. The summed E-state index contributed by atoms with van der Waals surface area (Å²) in [6.45, 7) is 2.49. The maximum atomic E-state index is 12.2. The van der Waals surface area contributed by atoms with Crippen molar-refractivity contribution in [2.75, 3.05) is 18.5 Å². The number of carbonyl (C=O) groups excluding carboxylic acids is 1. The van der Waals surface area contributed by atoms with Crippen LogP contribution in [0, 0.1) is 6.92 Å². The van der Waals surface area contributed by atoms with Crippen LogP contribution in [0.25, 0.3) is 11.3 Å². The number of rotatable bonds is 6. The number of amides is 1. The lowest BCUT2D eigenvalue weighted by Gasteiger charge is -2.14.